The third-order valence-electron chi connectivity index (χ3n) is 1.98. The molecule has 1 heterocycles. The van der Waals surface area contributed by atoms with Crippen LogP contribution in [-0.2, 0) is 6.54 Å². The van der Waals surface area contributed by atoms with Crippen molar-refractivity contribution in [1.29, 1.82) is 0 Å². The van der Waals surface area contributed by atoms with E-state index < -0.39 is 0 Å². The molecule has 1 aromatic heterocycles. The molecule has 0 aliphatic carbocycles. The predicted molar refractivity (Wildman–Crippen MR) is 59.2 cm³/mol. The van der Waals surface area contributed by atoms with Gasteiger partial charge in [0.05, 0.1) is 11.4 Å². The van der Waals surface area contributed by atoms with Gasteiger partial charge in [0.15, 0.2) is 0 Å². The summed E-state index contributed by atoms with van der Waals surface area (Å²) in [5, 5.41) is 4.21. The third-order valence-corrected chi connectivity index (χ3v) is 2.48. The molecule has 2 rings (SSSR count). The van der Waals surface area contributed by atoms with E-state index in [1.165, 1.54) is 0 Å². The Labute approximate surface area is 90.7 Å². The first-order valence-electron chi connectivity index (χ1n) is 4.30. The average Bonchev–Trinajstić information content (AvgIpc) is 2.65. The number of nitrogens with two attached hydrogens (primary N) is 1. The van der Waals surface area contributed by atoms with Crippen LogP contribution in [0.15, 0.2) is 41.0 Å². The van der Waals surface area contributed by atoms with E-state index in [1.54, 1.807) is 6.20 Å². The van der Waals surface area contributed by atoms with Crippen LogP contribution in [0.3, 0.4) is 0 Å². The summed E-state index contributed by atoms with van der Waals surface area (Å²) in [6.45, 7) is 0.493. The molecule has 3 nitrogen and oxygen atoms in total. The van der Waals surface area contributed by atoms with E-state index in [0.717, 1.165) is 15.9 Å². The maximum absolute atomic E-state index is 5.60. The molecule has 0 unspecified atom stereocenters. The van der Waals surface area contributed by atoms with Crippen molar-refractivity contribution >= 4 is 15.9 Å². The molecule has 0 amide bonds. The van der Waals surface area contributed by atoms with Crippen molar-refractivity contribution in [2.45, 2.75) is 6.54 Å². The SMILES string of the molecule is NCc1ccnn1-c1cccc(Br)c1. The van der Waals surface area contributed by atoms with Crippen molar-refractivity contribution in [3.63, 3.8) is 0 Å². The van der Waals surface area contributed by atoms with Crippen molar-refractivity contribution in [1.82, 2.24) is 9.78 Å². The lowest BCUT2D eigenvalue weighted by molar-refractivity contribution is 0.803. The lowest BCUT2D eigenvalue weighted by atomic mass is 10.3. The van der Waals surface area contributed by atoms with E-state index in [-0.39, 0.29) is 0 Å². The second-order valence-electron chi connectivity index (χ2n) is 2.92. The Hall–Kier alpha value is -1.13. The van der Waals surface area contributed by atoms with E-state index in [1.807, 2.05) is 35.0 Å². The molecule has 1 aromatic carbocycles. The fraction of sp³-hybridized carbons (Fsp3) is 0.100. The minimum absolute atomic E-state index is 0.493. The van der Waals surface area contributed by atoms with Crippen LogP contribution >= 0.6 is 15.9 Å². The Kier molecular flexibility index (Phi) is 2.65. The van der Waals surface area contributed by atoms with Crippen LogP contribution in [0.1, 0.15) is 5.69 Å². The Morgan fingerprint density at radius 2 is 2.21 bits per heavy atom. The summed E-state index contributed by atoms with van der Waals surface area (Å²) in [4.78, 5) is 0. The minimum atomic E-state index is 0.493. The van der Waals surface area contributed by atoms with E-state index in [0.29, 0.717) is 6.54 Å². The zero-order valence-electron chi connectivity index (χ0n) is 7.52. The number of rotatable bonds is 2. The van der Waals surface area contributed by atoms with Crippen LogP contribution in [0, 0.1) is 0 Å². The quantitative estimate of drug-likeness (QED) is 0.889. The standard InChI is InChI=1S/C10H10BrN3/c11-8-2-1-3-9(6-8)14-10(7-12)4-5-13-14/h1-6H,7,12H2. The smallest absolute Gasteiger partial charge is 0.0660 e. The normalized spacial score (nSPS) is 10.4. The van der Waals surface area contributed by atoms with Gasteiger partial charge in [0.2, 0.25) is 0 Å². The first-order chi connectivity index (χ1) is 6.81. The summed E-state index contributed by atoms with van der Waals surface area (Å²) in [6.07, 6.45) is 1.75. The molecule has 0 saturated heterocycles. The molecule has 72 valence electrons. The fourth-order valence-electron chi connectivity index (χ4n) is 1.33. The van der Waals surface area contributed by atoms with Gasteiger partial charge >= 0.3 is 0 Å². The van der Waals surface area contributed by atoms with Crippen LogP contribution in [0.25, 0.3) is 5.69 Å². The first-order valence-corrected chi connectivity index (χ1v) is 5.09. The molecule has 2 aromatic rings. The van der Waals surface area contributed by atoms with Gasteiger partial charge < -0.3 is 5.73 Å². The summed E-state index contributed by atoms with van der Waals surface area (Å²) < 4.78 is 2.87. The Morgan fingerprint density at radius 1 is 1.36 bits per heavy atom. The van der Waals surface area contributed by atoms with E-state index in [9.17, 15) is 0 Å². The monoisotopic (exact) mass is 251 g/mol. The molecule has 0 saturated carbocycles. The van der Waals surface area contributed by atoms with Crippen LogP contribution in [0.4, 0.5) is 0 Å². The minimum Gasteiger partial charge on any atom is -0.325 e. The summed E-state index contributed by atoms with van der Waals surface area (Å²) >= 11 is 3.42. The molecule has 0 spiro atoms. The molecule has 0 aliphatic heterocycles. The van der Waals surface area contributed by atoms with Crippen molar-refractivity contribution in [3.05, 3.63) is 46.7 Å². The van der Waals surface area contributed by atoms with Gasteiger partial charge in [-0.2, -0.15) is 5.10 Å². The van der Waals surface area contributed by atoms with Crippen molar-refractivity contribution in [2.24, 2.45) is 5.73 Å². The van der Waals surface area contributed by atoms with Gasteiger partial charge in [-0.05, 0) is 24.3 Å². The topological polar surface area (TPSA) is 43.8 Å². The van der Waals surface area contributed by atoms with E-state index in [4.69, 9.17) is 5.73 Å². The van der Waals surface area contributed by atoms with Gasteiger partial charge in [-0.1, -0.05) is 22.0 Å². The largest absolute Gasteiger partial charge is 0.325 e. The molecular weight excluding hydrogens is 242 g/mol. The lowest BCUT2D eigenvalue weighted by Gasteiger charge is -2.05. The van der Waals surface area contributed by atoms with E-state index >= 15 is 0 Å². The highest BCUT2D eigenvalue weighted by atomic mass is 79.9. The highest BCUT2D eigenvalue weighted by Gasteiger charge is 2.02. The van der Waals surface area contributed by atoms with Gasteiger partial charge in [-0.3, -0.25) is 0 Å². The Bertz CT molecular complexity index is 436. The molecule has 0 aliphatic rings. The molecule has 2 N–H and O–H groups in total. The van der Waals surface area contributed by atoms with Gasteiger partial charge in [0, 0.05) is 17.2 Å². The average molecular weight is 252 g/mol. The number of hydrogen-bond acceptors (Lipinski definition) is 2. The maximum atomic E-state index is 5.60. The number of benzene rings is 1. The van der Waals surface area contributed by atoms with Crippen LogP contribution in [-0.4, -0.2) is 9.78 Å². The molecule has 4 heteroatoms. The van der Waals surface area contributed by atoms with Gasteiger partial charge in [-0.15, -0.1) is 0 Å². The van der Waals surface area contributed by atoms with Crippen LogP contribution in [0.5, 0.6) is 0 Å². The number of hydrogen-bond donors (Lipinski definition) is 1. The summed E-state index contributed by atoms with van der Waals surface area (Å²) in [5.74, 6) is 0. The summed E-state index contributed by atoms with van der Waals surface area (Å²) in [5.41, 5.74) is 7.62. The van der Waals surface area contributed by atoms with Crippen molar-refractivity contribution < 1.29 is 0 Å². The van der Waals surface area contributed by atoms with Gasteiger partial charge in [0.25, 0.3) is 0 Å². The lowest BCUT2D eigenvalue weighted by Crippen LogP contribution is -2.06. The number of aromatic nitrogens is 2. The van der Waals surface area contributed by atoms with Gasteiger partial charge in [-0.25, -0.2) is 4.68 Å². The Morgan fingerprint density at radius 3 is 2.93 bits per heavy atom. The zero-order valence-corrected chi connectivity index (χ0v) is 9.11. The summed E-state index contributed by atoms with van der Waals surface area (Å²) in [7, 11) is 0. The van der Waals surface area contributed by atoms with Gasteiger partial charge in [0.1, 0.15) is 0 Å². The fourth-order valence-corrected chi connectivity index (χ4v) is 1.71. The predicted octanol–water partition coefficient (Wildman–Crippen LogP) is 2.09. The van der Waals surface area contributed by atoms with E-state index in [2.05, 4.69) is 21.0 Å². The number of nitrogens with zero attached hydrogens (tertiary/aromatic N) is 2. The van der Waals surface area contributed by atoms with Crippen molar-refractivity contribution in [2.75, 3.05) is 0 Å². The highest BCUT2D eigenvalue weighted by molar-refractivity contribution is 9.10. The van der Waals surface area contributed by atoms with Crippen LogP contribution < -0.4 is 5.73 Å². The number of halogens is 1. The molecule has 0 bridgehead atoms. The molecular formula is C10H10BrN3. The second-order valence-corrected chi connectivity index (χ2v) is 3.83. The van der Waals surface area contributed by atoms with Crippen LogP contribution in [0.2, 0.25) is 0 Å². The molecule has 0 fully saturated rings. The first kappa shape index (κ1) is 9.43. The molecule has 0 atom stereocenters. The zero-order chi connectivity index (χ0) is 9.97. The summed E-state index contributed by atoms with van der Waals surface area (Å²) in [6, 6.07) is 9.88. The highest BCUT2D eigenvalue weighted by Crippen LogP contribution is 2.16. The maximum Gasteiger partial charge on any atom is 0.0660 e. The van der Waals surface area contributed by atoms with Crippen molar-refractivity contribution in [3.8, 4) is 5.69 Å². The molecule has 0 radical (unpaired) electrons. The second kappa shape index (κ2) is 3.94. The molecule has 14 heavy (non-hydrogen) atoms. The third kappa shape index (κ3) is 1.71. The Balaban J connectivity index is 2.49.